The van der Waals surface area contributed by atoms with Crippen molar-refractivity contribution in [3.05, 3.63) is 52.0 Å². The van der Waals surface area contributed by atoms with Gasteiger partial charge in [-0.2, -0.15) is 0 Å². The van der Waals surface area contributed by atoms with Gasteiger partial charge in [-0.05, 0) is 36.1 Å². The number of hydrogen-bond acceptors (Lipinski definition) is 4. The Kier molecular flexibility index (Phi) is 4.92. The summed E-state index contributed by atoms with van der Waals surface area (Å²) in [4.78, 5) is 26.3. The molecule has 1 aliphatic rings. The van der Waals surface area contributed by atoms with Crippen LogP contribution in [0.5, 0.6) is 0 Å². The molecule has 0 unspecified atom stereocenters. The molecule has 2 amide bonds. The zero-order chi connectivity index (χ0) is 17.1. The van der Waals surface area contributed by atoms with Gasteiger partial charge in [0.25, 0.3) is 5.91 Å². The molecule has 1 atom stereocenters. The van der Waals surface area contributed by atoms with Gasteiger partial charge in [-0.1, -0.05) is 6.07 Å². The Bertz CT molecular complexity index is 748. The van der Waals surface area contributed by atoms with Crippen LogP contribution in [0.15, 0.2) is 35.7 Å². The maximum absolute atomic E-state index is 14.0. The number of carbonyl (C=O) groups excluding carboxylic acids is 2. The predicted octanol–water partition coefficient (Wildman–Crippen LogP) is 2.48. The number of thiophene rings is 1. The van der Waals surface area contributed by atoms with E-state index in [4.69, 9.17) is 0 Å². The Balaban J connectivity index is 1.71. The second-order valence-corrected chi connectivity index (χ2v) is 6.53. The van der Waals surface area contributed by atoms with E-state index in [2.05, 4.69) is 5.32 Å². The van der Waals surface area contributed by atoms with E-state index in [1.807, 2.05) is 5.38 Å². The van der Waals surface area contributed by atoms with Crippen LogP contribution in [0.3, 0.4) is 0 Å². The summed E-state index contributed by atoms with van der Waals surface area (Å²) in [7, 11) is 0. The molecule has 0 spiro atoms. The van der Waals surface area contributed by atoms with Crippen LogP contribution < -0.4 is 10.2 Å². The van der Waals surface area contributed by atoms with Crippen LogP contribution in [0, 0.1) is 5.82 Å². The third-order valence-electron chi connectivity index (χ3n) is 3.91. The van der Waals surface area contributed by atoms with Crippen LogP contribution in [0.1, 0.15) is 34.2 Å². The number of carbonyl (C=O) groups is 2. The molecule has 0 radical (unpaired) electrons. The first-order valence-corrected chi connectivity index (χ1v) is 8.54. The van der Waals surface area contributed by atoms with Gasteiger partial charge in [0.2, 0.25) is 5.91 Å². The summed E-state index contributed by atoms with van der Waals surface area (Å²) < 4.78 is 14.0. The minimum atomic E-state index is -0.833. The molecule has 1 saturated heterocycles. The molecule has 7 heteroatoms. The van der Waals surface area contributed by atoms with E-state index >= 15 is 0 Å². The third-order valence-corrected chi connectivity index (χ3v) is 4.88. The average molecular weight is 348 g/mol. The number of anilines is 1. The highest BCUT2D eigenvalue weighted by Crippen LogP contribution is 2.24. The number of rotatable bonds is 5. The van der Waals surface area contributed by atoms with Crippen LogP contribution >= 0.6 is 11.3 Å². The summed E-state index contributed by atoms with van der Waals surface area (Å²) in [5.74, 6) is -1.30. The van der Waals surface area contributed by atoms with E-state index < -0.39 is 17.8 Å². The van der Waals surface area contributed by atoms with Gasteiger partial charge in [0.15, 0.2) is 0 Å². The van der Waals surface area contributed by atoms with Crippen molar-refractivity contribution in [2.24, 2.45) is 0 Å². The fourth-order valence-electron chi connectivity index (χ4n) is 2.64. The smallest absolute Gasteiger partial charge is 0.254 e. The molecule has 1 aromatic carbocycles. The summed E-state index contributed by atoms with van der Waals surface area (Å²) in [6.07, 6.45) is 0.386. The van der Waals surface area contributed by atoms with Crippen molar-refractivity contribution < 1.29 is 19.1 Å². The van der Waals surface area contributed by atoms with Gasteiger partial charge in [0, 0.05) is 30.1 Å². The van der Waals surface area contributed by atoms with Gasteiger partial charge < -0.3 is 15.3 Å². The number of nitrogens with one attached hydrogen (secondary N) is 1. The highest BCUT2D eigenvalue weighted by molar-refractivity contribution is 7.10. The second kappa shape index (κ2) is 7.11. The predicted molar refractivity (Wildman–Crippen MR) is 89.6 cm³/mol. The van der Waals surface area contributed by atoms with Crippen LogP contribution in [-0.2, 0) is 4.79 Å². The SMILES string of the molecule is O=C(NC[C@@H](O)c1cccs1)c1cc(N2CCCC2=O)ccc1F. The summed E-state index contributed by atoms with van der Waals surface area (Å²) in [6, 6.07) is 7.63. The van der Waals surface area contributed by atoms with Crippen LogP contribution in [-0.4, -0.2) is 30.0 Å². The third kappa shape index (κ3) is 3.47. The highest BCUT2D eigenvalue weighted by Gasteiger charge is 2.23. The largest absolute Gasteiger partial charge is 0.386 e. The van der Waals surface area contributed by atoms with Crippen molar-refractivity contribution in [1.82, 2.24) is 5.32 Å². The molecule has 126 valence electrons. The number of hydrogen-bond donors (Lipinski definition) is 2. The van der Waals surface area contributed by atoms with Crippen molar-refractivity contribution in [2.75, 3.05) is 18.0 Å². The average Bonchev–Trinajstić information content (AvgIpc) is 3.24. The fraction of sp³-hybridized carbons (Fsp3) is 0.294. The van der Waals surface area contributed by atoms with E-state index in [-0.39, 0.29) is 18.0 Å². The lowest BCUT2D eigenvalue weighted by atomic mass is 10.1. The molecule has 2 aromatic rings. The first-order valence-electron chi connectivity index (χ1n) is 7.66. The second-order valence-electron chi connectivity index (χ2n) is 5.55. The van der Waals surface area contributed by atoms with E-state index in [1.54, 1.807) is 17.0 Å². The van der Waals surface area contributed by atoms with Crippen LogP contribution in [0.4, 0.5) is 10.1 Å². The van der Waals surface area contributed by atoms with Gasteiger partial charge in [0.05, 0.1) is 5.56 Å². The topological polar surface area (TPSA) is 69.6 Å². The van der Waals surface area contributed by atoms with Gasteiger partial charge >= 0.3 is 0 Å². The lowest BCUT2D eigenvalue weighted by Crippen LogP contribution is -2.29. The van der Waals surface area contributed by atoms with E-state index in [1.165, 1.54) is 29.5 Å². The van der Waals surface area contributed by atoms with E-state index in [9.17, 15) is 19.1 Å². The summed E-state index contributed by atoms with van der Waals surface area (Å²) in [6.45, 7) is 0.564. The zero-order valence-corrected chi connectivity index (χ0v) is 13.7. The molecule has 3 rings (SSSR count). The molecule has 2 heterocycles. The van der Waals surface area contributed by atoms with Crippen molar-refractivity contribution in [3.8, 4) is 0 Å². The summed E-state index contributed by atoms with van der Waals surface area (Å²) in [5.41, 5.74) is 0.383. The number of benzene rings is 1. The Labute approximate surface area is 142 Å². The summed E-state index contributed by atoms with van der Waals surface area (Å²) in [5, 5.41) is 14.3. The molecule has 1 fully saturated rings. The van der Waals surface area contributed by atoms with Crippen molar-refractivity contribution in [1.29, 1.82) is 0 Å². The molecule has 0 saturated carbocycles. The number of aliphatic hydroxyl groups is 1. The van der Waals surface area contributed by atoms with Gasteiger partial charge in [-0.25, -0.2) is 4.39 Å². The molecular weight excluding hydrogens is 331 g/mol. The number of nitrogens with zero attached hydrogens (tertiary/aromatic N) is 1. The maximum atomic E-state index is 14.0. The van der Waals surface area contributed by atoms with Crippen LogP contribution in [0.25, 0.3) is 0 Å². The lowest BCUT2D eigenvalue weighted by molar-refractivity contribution is -0.117. The number of halogens is 1. The van der Waals surface area contributed by atoms with Gasteiger partial charge in [-0.3, -0.25) is 9.59 Å². The highest BCUT2D eigenvalue weighted by atomic mass is 32.1. The lowest BCUT2D eigenvalue weighted by Gasteiger charge is -2.17. The Morgan fingerprint density at radius 3 is 2.92 bits per heavy atom. The van der Waals surface area contributed by atoms with E-state index in [0.717, 1.165) is 11.3 Å². The first-order chi connectivity index (χ1) is 11.6. The molecule has 2 N–H and O–H groups in total. The molecule has 5 nitrogen and oxygen atoms in total. The molecule has 24 heavy (non-hydrogen) atoms. The molecule has 0 bridgehead atoms. The number of aliphatic hydroxyl groups excluding tert-OH is 1. The van der Waals surface area contributed by atoms with Crippen LogP contribution in [0.2, 0.25) is 0 Å². The Hall–Kier alpha value is -2.25. The van der Waals surface area contributed by atoms with Crippen molar-refractivity contribution >= 4 is 28.8 Å². The monoisotopic (exact) mass is 348 g/mol. The standard InChI is InChI=1S/C17H17FN2O3S/c18-13-6-5-11(20-7-1-4-16(20)22)9-12(13)17(23)19-10-14(21)15-3-2-8-24-15/h2-3,5-6,8-9,14,21H,1,4,7,10H2,(H,19,23)/t14-/m1/s1. The quantitative estimate of drug-likeness (QED) is 0.872. The van der Waals surface area contributed by atoms with Crippen molar-refractivity contribution in [3.63, 3.8) is 0 Å². The molecule has 0 aliphatic carbocycles. The molecule has 1 aliphatic heterocycles. The maximum Gasteiger partial charge on any atom is 0.254 e. The molecule has 1 aromatic heterocycles. The minimum absolute atomic E-state index is 0.00827. The van der Waals surface area contributed by atoms with Gasteiger partial charge in [0.1, 0.15) is 11.9 Å². The Morgan fingerprint density at radius 1 is 1.42 bits per heavy atom. The zero-order valence-electron chi connectivity index (χ0n) is 12.9. The first kappa shape index (κ1) is 16.6. The number of amides is 2. The Morgan fingerprint density at radius 2 is 2.25 bits per heavy atom. The summed E-state index contributed by atoms with van der Waals surface area (Å²) >= 11 is 1.38. The molecular formula is C17H17FN2O3S. The normalized spacial score (nSPS) is 15.6. The fourth-order valence-corrected chi connectivity index (χ4v) is 3.35. The van der Waals surface area contributed by atoms with Crippen molar-refractivity contribution in [2.45, 2.75) is 18.9 Å². The van der Waals surface area contributed by atoms with E-state index in [0.29, 0.717) is 18.7 Å². The minimum Gasteiger partial charge on any atom is -0.386 e. The van der Waals surface area contributed by atoms with Gasteiger partial charge in [-0.15, -0.1) is 11.3 Å².